The van der Waals surface area contributed by atoms with Gasteiger partial charge in [0.05, 0.1) is 18.3 Å². The van der Waals surface area contributed by atoms with Gasteiger partial charge in [-0.05, 0) is 25.0 Å². The minimum absolute atomic E-state index is 0.0469. The van der Waals surface area contributed by atoms with Crippen molar-refractivity contribution in [3.8, 4) is 11.4 Å². The number of hydrogen-bond donors (Lipinski definition) is 2. The maximum Gasteiger partial charge on any atom is 0.219 e. The molecule has 7 heteroatoms. The van der Waals surface area contributed by atoms with Crippen molar-refractivity contribution in [2.45, 2.75) is 39.3 Å². The van der Waals surface area contributed by atoms with E-state index in [1.165, 1.54) is 0 Å². The average molecular weight is 341 g/mol. The smallest absolute Gasteiger partial charge is 0.219 e. The van der Waals surface area contributed by atoms with Gasteiger partial charge in [0.2, 0.25) is 5.91 Å². The van der Waals surface area contributed by atoms with Gasteiger partial charge in [0.25, 0.3) is 0 Å². The summed E-state index contributed by atoms with van der Waals surface area (Å²) in [5, 5.41) is 13.1. The van der Waals surface area contributed by atoms with E-state index in [9.17, 15) is 9.90 Å². The standard InChI is InChI=1S/C18H23N5O2/c1-3-14(25)10-20-18-15-6-9-23(12(2)24)11-16(15)21-17(22-18)13-4-7-19-8-5-13/h4-5,7-8,14,25H,3,6,9-11H2,1-2H3,(H,20,21,22)/t14-/m0/s1. The molecule has 25 heavy (non-hydrogen) atoms. The second kappa shape index (κ2) is 7.57. The predicted octanol–water partition coefficient (Wildman–Crippen LogP) is 1.63. The van der Waals surface area contributed by atoms with Crippen molar-refractivity contribution in [3.05, 3.63) is 35.8 Å². The molecule has 1 aliphatic heterocycles. The van der Waals surface area contributed by atoms with Gasteiger partial charge >= 0.3 is 0 Å². The fraction of sp³-hybridized carbons (Fsp3) is 0.444. The Morgan fingerprint density at radius 3 is 2.80 bits per heavy atom. The summed E-state index contributed by atoms with van der Waals surface area (Å²) < 4.78 is 0. The van der Waals surface area contributed by atoms with Crippen LogP contribution in [0.2, 0.25) is 0 Å². The maximum atomic E-state index is 11.7. The summed E-state index contributed by atoms with van der Waals surface area (Å²) >= 11 is 0. The number of nitrogens with zero attached hydrogens (tertiary/aromatic N) is 4. The molecule has 0 unspecified atom stereocenters. The lowest BCUT2D eigenvalue weighted by molar-refractivity contribution is -0.129. The number of carbonyl (C=O) groups is 1. The van der Waals surface area contributed by atoms with Crippen LogP contribution in [-0.2, 0) is 17.8 Å². The molecule has 0 spiro atoms. The van der Waals surface area contributed by atoms with Gasteiger partial charge in [-0.1, -0.05) is 6.92 Å². The summed E-state index contributed by atoms with van der Waals surface area (Å²) in [5.41, 5.74) is 2.76. The molecule has 1 aliphatic rings. The molecule has 0 bridgehead atoms. The Kier molecular flexibility index (Phi) is 5.23. The van der Waals surface area contributed by atoms with Crippen LogP contribution in [-0.4, -0.2) is 50.1 Å². The van der Waals surface area contributed by atoms with Gasteiger partial charge < -0.3 is 15.3 Å². The highest BCUT2D eigenvalue weighted by Crippen LogP contribution is 2.27. The third kappa shape index (κ3) is 3.93. The third-order valence-electron chi connectivity index (χ3n) is 4.43. The largest absolute Gasteiger partial charge is 0.391 e. The molecule has 2 aromatic rings. The molecule has 2 N–H and O–H groups in total. The Morgan fingerprint density at radius 1 is 1.36 bits per heavy atom. The first-order chi connectivity index (χ1) is 12.1. The van der Waals surface area contributed by atoms with E-state index in [1.54, 1.807) is 24.2 Å². The van der Waals surface area contributed by atoms with Crippen LogP contribution in [0.5, 0.6) is 0 Å². The van der Waals surface area contributed by atoms with E-state index in [0.29, 0.717) is 38.3 Å². The summed E-state index contributed by atoms with van der Waals surface area (Å²) in [4.78, 5) is 26.9. The molecule has 0 aromatic carbocycles. The van der Waals surface area contributed by atoms with Crippen molar-refractivity contribution < 1.29 is 9.90 Å². The predicted molar refractivity (Wildman–Crippen MR) is 94.8 cm³/mol. The van der Waals surface area contributed by atoms with Crippen LogP contribution in [0.1, 0.15) is 31.5 Å². The van der Waals surface area contributed by atoms with Crippen molar-refractivity contribution in [1.29, 1.82) is 0 Å². The lowest BCUT2D eigenvalue weighted by Crippen LogP contribution is -2.35. The topological polar surface area (TPSA) is 91.2 Å². The Labute approximate surface area is 147 Å². The lowest BCUT2D eigenvalue weighted by atomic mass is 10.0. The zero-order valence-corrected chi connectivity index (χ0v) is 14.6. The highest BCUT2D eigenvalue weighted by Gasteiger charge is 2.24. The minimum Gasteiger partial charge on any atom is -0.391 e. The first-order valence-corrected chi connectivity index (χ1v) is 8.56. The molecule has 1 amide bonds. The molecule has 132 valence electrons. The van der Waals surface area contributed by atoms with Crippen molar-refractivity contribution in [2.24, 2.45) is 0 Å². The summed E-state index contributed by atoms with van der Waals surface area (Å²) in [6.45, 7) is 5.09. The third-order valence-corrected chi connectivity index (χ3v) is 4.43. The van der Waals surface area contributed by atoms with E-state index in [2.05, 4.69) is 20.3 Å². The fourth-order valence-corrected chi connectivity index (χ4v) is 2.83. The molecule has 2 aromatic heterocycles. The second-order valence-corrected chi connectivity index (χ2v) is 6.19. The number of hydrogen-bond acceptors (Lipinski definition) is 6. The van der Waals surface area contributed by atoms with Crippen LogP contribution in [0, 0.1) is 0 Å². The number of nitrogens with one attached hydrogen (secondary N) is 1. The van der Waals surface area contributed by atoms with E-state index in [1.807, 2.05) is 19.1 Å². The molecular formula is C18H23N5O2. The number of carbonyl (C=O) groups excluding carboxylic acids is 1. The van der Waals surface area contributed by atoms with E-state index in [0.717, 1.165) is 22.6 Å². The van der Waals surface area contributed by atoms with E-state index in [-0.39, 0.29) is 5.91 Å². The van der Waals surface area contributed by atoms with Gasteiger partial charge in [-0.3, -0.25) is 9.78 Å². The number of pyridine rings is 1. The van der Waals surface area contributed by atoms with Gasteiger partial charge in [0, 0.05) is 43.5 Å². The Morgan fingerprint density at radius 2 is 2.12 bits per heavy atom. The normalized spacial score (nSPS) is 14.8. The molecule has 1 atom stereocenters. The van der Waals surface area contributed by atoms with Crippen LogP contribution in [0.3, 0.4) is 0 Å². The molecule has 7 nitrogen and oxygen atoms in total. The lowest BCUT2D eigenvalue weighted by Gasteiger charge is -2.29. The molecule has 0 aliphatic carbocycles. The van der Waals surface area contributed by atoms with Crippen molar-refractivity contribution in [2.75, 3.05) is 18.4 Å². The summed E-state index contributed by atoms with van der Waals surface area (Å²) in [7, 11) is 0. The number of rotatable bonds is 5. The van der Waals surface area contributed by atoms with Crippen molar-refractivity contribution >= 4 is 11.7 Å². The first kappa shape index (κ1) is 17.3. The number of anilines is 1. The first-order valence-electron chi connectivity index (χ1n) is 8.56. The summed E-state index contributed by atoms with van der Waals surface area (Å²) in [5.74, 6) is 1.39. The Hall–Kier alpha value is -2.54. The highest BCUT2D eigenvalue weighted by atomic mass is 16.3. The quantitative estimate of drug-likeness (QED) is 0.859. The Balaban J connectivity index is 1.98. The molecule has 0 saturated heterocycles. The number of amides is 1. The molecule has 3 heterocycles. The number of aliphatic hydroxyl groups is 1. The van der Waals surface area contributed by atoms with Gasteiger partial charge in [-0.25, -0.2) is 9.97 Å². The van der Waals surface area contributed by atoms with Gasteiger partial charge in [-0.15, -0.1) is 0 Å². The highest BCUT2D eigenvalue weighted by molar-refractivity contribution is 5.74. The van der Waals surface area contributed by atoms with Gasteiger partial charge in [0.1, 0.15) is 5.82 Å². The summed E-state index contributed by atoms with van der Waals surface area (Å²) in [6, 6.07) is 3.72. The maximum absolute atomic E-state index is 11.7. The number of fused-ring (bicyclic) bond motifs is 1. The fourth-order valence-electron chi connectivity index (χ4n) is 2.83. The zero-order chi connectivity index (χ0) is 17.8. The van der Waals surface area contributed by atoms with E-state index < -0.39 is 6.10 Å². The number of aromatic nitrogens is 3. The van der Waals surface area contributed by atoms with Gasteiger partial charge in [0.15, 0.2) is 5.82 Å². The molecule has 0 radical (unpaired) electrons. The van der Waals surface area contributed by atoms with Gasteiger partial charge in [-0.2, -0.15) is 0 Å². The molecule has 0 saturated carbocycles. The number of aliphatic hydroxyl groups excluding tert-OH is 1. The van der Waals surface area contributed by atoms with Crippen LogP contribution >= 0.6 is 0 Å². The van der Waals surface area contributed by atoms with E-state index in [4.69, 9.17) is 0 Å². The SMILES string of the molecule is CC[C@H](O)CNc1nc(-c2ccncc2)nc2c1CCN(C(C)=O)C2. The zero-order valence-electron chi connectivity index (χ0n) is 14.6. The average Bonchev–Trinajstić information content (AvgIpc) is 2.65. The van der Waals surface area contributed by atoms with Crippen molar-refractivity contribution in [3.63, 3.8) is 0 Å². The van der Waals surface area contributed by atoms with Crippen LogP contribution < -0.4 is 5.32 Å². The molecule has 3 rings (SSSR count). The van der Waals surface area contributed by atoms with E-state index >= 15 is 0 Å². The summed E-state index contributed by atoms with van der Waals surface area (Å²) in [6.07, 6.45) is 4.36. The van der Waals surface area contributed by atoms with Crippen LogP contribution in [0.4, 0.5) is 5.82 Å². The Bertz CT molecular complexity index is 751. The minimum atomic E-state index is -0.424. The van der Waals surface area contributed by atoms with Crippen molar-refractivity contribution in [1.82, 2.24) is 19.9 Å². The van der Waals surface area contributed by atoms with Crippen LogP contribution in [0.25, 0.3) is 11.4 Å². The molecular weight excluding hydrogens is 318 g/mol. The van der Waals surface area contributed by atoms with Crippen LogP contribution in [0.15, 0.2) is 24.5 Å². The monoisotopic (exact) mass is 341 g/mol. The molecule has 0 fully saturated rings. The second-order valence-electron chi connectivity index (χ2n) is 6.19.